The zero-order valence-electron chi connectivity index (χ0n) is 12.1. The summed E-state index contributed by atoms with van der Waals surface area (Å²) in [6.07, 6.45) is 0. The summed E-state index contributed by atoms with van der Waals surface area (Å²) in [7, 11) is 1.49. The lowest BCUT2D eigenvalue weighted by Crippen LogP contribution is -2.37. The lowest BCUT2D eigenvalue weighted by atomic mass is 9.67. The Hall–Kier alpha value is -3.35. The van der Waals surface area contributed by atoms with Crippen LogP contribution in [0.5, 0.6) is 5.75 Å². The maximum atomic E-state index is 12.5. The first-order chi connectivity index (χ1) is 10.5. The third kappa shape index (κ3) is 2.73. The number of rotatable bonds is 5. The molecule has 0 aliphatic rings. The number of hydrogen-bond donors (Lipinski definition) is 0. The van der Waals surface area contributed by atoms with E-state index in [1.165, 1.54) is 26.2 Å². The molecule has 0 N–H and O–H groups in total. The van der Waals surface area contributed by atoms with Crippen molar-refractivity contribution in [3.05, 3.63) is 29.8 Å². The van der Waals surface area contributed by atoms with Crippen LogP contribution in [-0.2, 0) is 0 Å². The first-order valence-corrected chi connectivity index (χ1v) is 6.30. The molecule has 1 aromatic carbocycles. The molecule has 1 atom stereocenters. The molecule has 0 saturated carbocycles. The van der Waals surface area contributed by atoms with E-state index in [9.17, 15) is 15.3 Å². The minimum absolute atomic E-state index is 0.276. The molecule has 1 rings (SSSR count). The van der Waals surface area contributed by atoms with Gasteiger partial charge >= 0.3 is 0 Å². The molecule has 0 spiro atoms. The van der Waals surface area contributed by atoms with Crippen LogP contribution < -0.4 is 4.74 Å². The third-order valence-electron chi connectivity index (χ3n) is 3.53. The van der Waals surface area contributed by atoms with Gasteiger partial charge in [0.25, 0.3) is 0 Å². The molecule has 0 aromatic heterocycles. The van der Waals surface area contributed by atoms with E-state index in [1.807, 2.05) is 0 Å². The van der Waals surface area contributed by atoms with Crippen LogP contribution in [-0.4, -0.2) is 12.9 Å². The van der Waals surface area contributed by atoms with Crippen molar-refractivity contribution in [2.24, 2.45) is 17.3 Å². The summed E-state index contributed by atoms with van der Waals surface area (Å²) in [5.74, 6) is -2.57. The molecule has 0 radical (unpaired) electrons. The first kappa shape index (κ1) is 16.7. The van der Waals surface area contributed by atoms with E-state index in [0.29, 0.717) is 5.75 Å². The Kier molecular flexibility index (Phi) is 5.23. The summed E-state index contributed by atoms with van der Waals surface area (Å²) in [5, 5.41) is 36.6. The Morgan fingerprint density at radius 2 is 1.59 bits per heavy atom. The lowest BCUT2D eigenvalue weighted by Gasteiger charge is -2.25. The van der Waals surface area contributed by atoms with Gasteiger partial charge in [0.2, 0.25) is 0 Å². The Bertz CT molecular complexity index is 698. The van der Waals surface area contributed by atoms with Crippen LogP contribution in [0.1, 0.15) is 17.3 Å². The van der Waals surface area contributed by atoms with Gasteiger partial charge in [0.1, 0.15) is 5.75 Å². The standard InChI is InChI=1S/C16H12N4O2/c1-11(16(9-19,10-20)13(7-17)8-18)15(21)12-3-5-14(22-2)6-4-12/h3-6,11,13H,1-2H3/t11-/m1/s1. The second-order valence-corrected chi connectivity index (χ2v) is 4.60. The molecule has 108 valence electrons. The summed E-state index contributed by atoms with van der Waals surface area (Å²) < 4.78 is 4.99. The van der Waals surface area contributed by atoms with Crippen LogP contribution in [0.2, 0.25) is 0 Å². The first-order valence-electron chi connectivity index (χ1n) is 6.30. The summed E-state index contributed by atoms with van der Waals surface area (Å²) in [6.45, 7) is 1.38. The quantitative estimate of drug-likeness (QED) is 0.767. The number of hydrogen-bond acceptors (Lipinski definition) is 6. The van der Waals surface area contributed by atoms with E-state index < -0.39 is 23.0 Å². The lowest BCUT2D eigenvalue weighted by molar-refractivity contribution is 0.0864. The van der Waals surface area contributed by atoms with Gasteiger partial charge in [-0.1, -0.05) is 6.92 Å². The molecule has 22 heavy (non-hydrogen) atoms. The van der Waals surface area contributed by atoms with Crippen LogP contribution >= 0.6 is 0 Å². The molecule has 0 unspecified atom stereocenters. The highest BCUT2D eigenvalue weighted by molar-refractivity contribution is 5.98. The van der Waals surface area contributed by atoms with Crippen molar-refractivity contribution < 1.29 is 9.53 Å². The fourth-order valence-electron chi connectivity index (χ4n) is 2.04. The summed E-state index contributed by atoms with van der Waals surface area (Å²) >= 11 is 0. The Balaban J connectivity index is 3.26. The molecule has 0 saturated heterocycles. The number of ketones is 1. The average Bonchev–Trinajstić information content (AvgIpc) is 2.58. The fourth-order valence-corrected chi connectivity index (χ4v) is 2.04. The van der Waals surface area contributed by atoms with E-state index in [4.69, 9.17) is 15.3 Å². The van der Waals surface area contributed by atoms with Crippen LogP contribution in [0.4, 0.5) is 0 Å². The van der Waals surface area contributed by atoms with Gasteiger partial charge in [-0.3, -0.25) is 4.79 Å². The van der Waals surface area contributed by atoms with E-state index in [0.717, 1.165) is 0 Å². The molecule has 0 fully saturated rings. The molecule has 0 heterocycles. The number of benzene rings is 1. The Morgan fingerprint density at radius 3 is 1.95 bits per heavy atom. The van der Waals surface area contributed by atoms with Gasteiger partial charge in [-0.15, -0.1) is 0 Å². The number of nitriles is 4. The summed E-state index contributed by atoms with van der Waals surface area (Å²) in [6, 6.07) is 12.8. The van der Waals surface area contributed by atoms with Crippen molar-refractivity contribution in [2.45, 2.75) is 6.92 Å². The van der Waals surface area contributed by atoms with Crippen molar-refractivity contribution in [2.75, 3.05) is 7.11 Å². The Labute approximate surface area is 128 Å². The van der Waals surface area contributed by atoms with Crippen molar-refractivity contribution in [3.63, 3.8) is 0 Å². The fraction of sp³-hybridized carbons (Fsp3) is 0.312. The normalized spacial score (nSPS) is 11.4. The number of methoxy groups -OCH3 is 1. The van der Waals surface area contributed by atoms with E-state index in [1.54, 1.807) is 36.4 Å². The second kappa shape index (κ2) is 6.89. The average molecular weight is 292 g/mol. The van der Waals surface area contributed by atoms with Crippen LogP contribution in [0, 0.1) is 62.6 Å². The maximum absolute atomic E-state index is 12.5. The van der Waals surface area contributed by atoms with E-state index >= 15 is 0 Å². The minimum atomic E-state index is -2.01. The molecule has 0 amide bonds. The topological polar surface area (TPSA) is 121 Å². The third-order valence-corrected chi connectivity index (χ3v) is 3.53. The van der Waals surface area contributed by atoms with Gasteiger partial charge < -0.3 is 4.74 Å². The zero-order chi connectivity index (χ0) is 16.8. The van der Waals surface area contributed by atoms with Crippen molar-refractivity contribution >= 4 is 5.78 Å². The predicted octanol–water partition coefficient (Wildman–Crippen LogP) is 2.21. The molecule has 6 nitrogen and oxygen atoms in total. The van der Waals surface area contributed by atoms with Gasteiger partial charge in [0, 0.05) is 5.56 Å². The van der Waals surface area contributed by atoms with Crippen LogP contribution in [0.15, 0.2) is 24.3 Å². The largest absolute Gasteiger partial charge is 0.497 e. The van der Waals surface area contributed by atoms with Crippen LogP contribution in [0.3, 0.4) is 0 Å². The van der Waals surface area contributed by atoms with Gasteiger partial charge in [-0.05, 0) is 24.3 Å². The smallest absolute Gasteiger partial charge is 0.182 e. The second-order valence-electron chi connectivity index (χ2n) is 4.60. The number of carbonyl (C=O) groups excluding carboxylic acids is 1. The molecule has 6 heteroatoms. The van der Waals surface area contributed by atoms with Crippen molar-refractivity contribution in [1.82, 2.24) is 0 Å². The molecule has 1 aromatic rings. The molecular weight excluding hydrogens is 280 g/mol. The molecule has 0 aliphatic heterocycles. The number of carbonyl (C=O) groups is 1. The summed E-state index contributed by atoms with van der Waals surface area (Å²) in [5.41, 5.74) is -1.74. The number of nitrogens with zero attached hydrogens (tertiary/aromatic N) is 4. The zero-order valence-corrected chi connectivity index (χ0v) is 12.1. The highest BCUT2D eigenvalue weighted by atomic mass is 16.5. The number of ether oxygens (including phenoxy) is 1. The Morgan fingerprint density at radius 1 is 1.09 bits per heavy atom. The van der Waals surface area contributed by atoms with E-state index in [-0.39, 0.29) is 5.56 Å². The van der Waals surface area contributed by atoms with E-state index in [2.05, 4.69) is 0 Å². The predicted molar refractivity (Wildman–Crippen MR) is 74.9 cm³/mol. The van der Waals surface area contributed by atoms with Gasteiger partial charge in [0.15, 0.2) is 17.1 Å². The maximum Gasteiger partial charge on any atom is 0.182 e. The monoisotopic (exact) mass is 292 g/mol. The SMILES string of the molecule is COc1ccc(C(=O)[C@@H](C)C(C#N)(C#N)C(C#N)C#N)cc1. The van der Waals surface area contributed by atoms with Gasteiger partial charge in [-0.2, -0.15) is 21.0 Å². The molecular formula is C16H12N4O2. The van der Waals surface area contributed by atoms with Crippen molar-refractivity contribution in [1.29, 1.82) is 21.0 Å². The number of Topliss-reactive ketones (excluding diaryl/α,β-unsaturated/α-hetero) is 1. The molecule has 0 aliphatic carbocycles. The van der Waals surface area contributed by atoms with Crippen molar-refractivity contribution in [3.8, 4) is 30.0 Å². The highest BCUT2D eigenvalue weighted by Gasteiger charge is 2.49. The molecule has 0 bridgehead atoms. The van der Waals surface area contributed by atoms with Crippen LogP contribution in [0.25, 0.3) is 0 Å². The summed E-state index contributed by atoms with van der Waals surface area (Å²) in [4.78, 5) is 12.5. The van der Waals surface area contributed by atoms with Gasteiger partial charge in [0.05, 0.1) is 37.3 Å². The van der Waals surface area contributed by atoms with Gasteiger partial charge in [-0.25, -0.2) is 0 Å². The minimum Gasteiger partial charge on any atom is -0.497 e. The highest BCUT2D eigenvalue weighted by Crippen LogP contribution is 2.36.